The van der Waals surface area contributed by atoms with Crippen LogP contribution in [0.1, 0.15) is 17.3 Å². The van der Waals surface area contributed by atoms with E-state index in [-0.39, 0.29) is 19.0 Å². The Morgan fingerprint density at radius 3 is 2.74 bits per heavy atom. The molecule has 1 aromatic rings. The van der Waals surface area contributed by atoms with Gasteiger partial charge < -0.3 is 10.2 Å². The number of aromatic nitrogens is 1. The summed E-state index contributed by atoms with van der Waals surface area (Å²) in [4.78, 5) is 40.0. The number of carbonyl (C=O) groups is 3. The summed E-state index contributed by atoms with van der Waals surface area (Å²) < 4.78 is 0. The van der Waals surface area contributed by atoms with E-state index in [4.69, 9.17) is 0 Å². The fourth-order valence-corrected chi connectivity index (χ4v) is 1.86. The van der Waals surface area contributed by atoms with E-state index in [1.165, 1.54) is 11.1 Å². The highest BCUT2D eigenvalue weighted by Gasteiger charge is 2.28. The van der Waals surface area contributed by atoms with E-state index in [1.807, 2.05) is 6.92 Å². The molecule has 0 saturated carbocycles. The zero-order valence-corrected chi connectivity index (χ0v) is 10.5. The number of hydrogen-bond donors (Lipinski definition) is 2. The van der Waals surface area contributed by atoms with Crippen LogP contribution < -0.4 is 10.6 Å². The van der Waals surface area contributed by atoms with Crippen molar-refractivity contribution in [3.63, 3.8) is 0 Å². The molecule has 1 aromatic heterocycles. The van der Waals surface area contributed by atoms with Crippen molar-refractivity contribution < 1.29 is 14.4 Å². The van der Waals surface area contributed by atoms with Gasteiger partial charge >= 0.3 is 0 Å². The lowest BCUT2D eigenvalue weighted by Crippen LogP contribution is -2.53. The topological polar surface area (TPSA) is 91.4 Å². The molecule has 3 amide bonds. The summed E-state index contributed by atoms with van der Waals surface area (Å²) in [6.45, 7) is 2.33. The average molecular weight is 262 g/mol. The fraction of sp³-hybridized carbons (Fsp3) is 0.333. The second-order valence-electron chi connectivity index (χ2n) is 4.08. The molecule has 0 bridgehead atoms. The van der Waals surface area contributed by atoms with E-state index >= 15 is 0 Å². The molecule has 2 rings (SSSR count). The molecule has 0 atom stereocenters. The Morgan fingerprint density at radius 1 is 1.42 bits per heavy atom. The smallest absolute Gasteiger partial charge is 0.258 e. The average Bonchev–Trinajstić information content (AvgIpc) is 2.38. The predicted molar refractivity (Wildman–Crippen MR) is 67.5 cm³/mol. The number of anilines is 1. The summed E-state index contributed by atoms with van der Waals surface area (Å²) in [5.41, 5.74) is 0.993. The molecule has 0 spiro atoms. The molecule has 7 nitrogen and oxygen atoms in total. The van der Waals surface area contributed by atoms with Crippen molar-refractivity contribution in [3.05, 3.63) is 24.0 Å². The van der Waals surface area contributed by atoms with Crippen LogP contribution in [0.5, 0.6) is 0 Å². The van der Waals surface area contributed by atoms with Crippen LogP contribution in [-0.2, 0) is 9.59 Å². The van der Waals surface area contributed by atoms with Crippen LogP contribution in [-0.4, -0.2) is 47.2 Å². The minimum absolute atomic E-state index is 0.120. The van der Waals surface area contributed by atoms with Crippen LogP contribution in [0.3, 0.4) is 0 Å². The molecule has 2 heterocycles. The number of hydrogen-bond acceptors (Lipinski definition) is 5. The third-order valence-electron chi connectivity index (χ3n) is 2.65. The number of amides is 3. The van der Waals surface area contributed by atoms with Crippen molar-refractivity contribution in [1.29, 1.82) is 0 Å². The number of piperazine rings is 1. The maximum atomic E-state index is 12.3. The third kappa shape index (κ3) is 2.87. The van der Waals surface area contributed by atoms with Gasteiger partial charge in [-0.25, -0.2) is 0 Å². The van der Waals surface area contributed by atoms with Crippen molar-refractivity contribution in [1.82, 2.24) is 15.2 Å². The van der Waals surface area contributed by atoms with Gasteiger partial charge in [-0.3, -0.25) is 24.7 Å². The Bertz CT molecular complexity index is 513. The largest absolute Gasteiger partial charge is 0.385 e. The lowest BCUT2D eigenvalue weighted by molar-refractivity contribution is -0.135. The van der Waals surface area contributed by atoms with Gasteiger partial charge in [0.15, 0.2) is 0 Å². The second-order valence-corrected chi connectivity index (χ2v) is 4.08. The first-order chi connectivity index (χ1) is 9.11. The maximum absolute atomic E-state index is 12.3. The lowest BCUT2D eigenvalue weighted by atomic mass is 10.2. The van der Waals surface area contributed by atoms with Gasteiger partial charge in [0.25, 0.3) is 5.91 Å². The number of pyridine rings is 1. The van der Waals surface area contributed by atoms with E-state index in [0.29, 0.717) is 17.8 Å². The van der Waals surface area contributed by atoms with Gasteiger partial charge in [-0.05, 0) is 13.0 Å². The molecule has 0 unspecified atom stereocenters. The Balaban J connectivity index is 2.24. The van der Waals surface area contributed by atoms with Gasteiger partial charge in [-0.2, -0.15) is 0 Å². The highest BCUT2D eigenvalue weighted by atomic mass is 16.2. The third-order valence-corrected chi connectivity index (χ3v) is 2.65. The molecular formula is C12H14N4O3. The highest BCUT2D eigenvalue weighted by Crippen LogP contribution is 2.16. The maximum Gasteiger partial charge on any atom is 0.258 e. The van der Waals surface area contributed by atoms with E-state index in [0.717, 1.165) is 0 Å². The van der Waals surface area contributed by atoms with Crippen molar-refractivity contribution in [2.75, 3.05) is 25.0 Å². The standard InChI is InChI=1S/C12H14N4O3/c1-2-14-9-3-4-13-5-8(9)12(19)16-6-10(17)15-11(18)7-16/h3-5H,2,6-7H2,1H3,(H,13,14)(H,15,17,18). The number of rotatable bonds is 3. The van der Waals surface area contributed by atoms with Crippen molar-refractivity contribution in [2.45, 2.75) is 6.92 Å². The molecule has 0 aliphatic carbocycles. The Labute approximate surface area is 110 Å². The highest BCUT2D eigenvalue weighted by molar-refractivity contribution is 6.07. The molecule has 1 aliphatic rings. The minimum Gasteiger partial charge on any atom is -0.385 e. The summed E-state index contributed by atoms with van der Waals surface area (Å²) in [6.07, 6.45) is 3.00. The number of nitrogens with zero attached hydrogens (tertiary/aromatic N) is 2. The summed E-state index contributed by atoms with van der Waals surface area (Å²) in [5, 5.41) is 5.20. The van der Waals surface area contributed by atoms with E-state index in [2.05, 4.69) is 15.6 Å². The Morgan fingerprint density at radius 2 is 2.11 bits per heavy atom. The normalized spacial score (nSPS) is 15.1. The first kappa shape index (κ1) is 13.0. The van der Waals surface area contributed by atoms with Crippen LogP contribution in [0.4, 0.5) is 5.69 Å². The minimum atomic E-state index is -0.474. The van der Waals surface area contributed by atoms with Gasteiger partial charge in [-0.1, -0.05) is 0 Å². The zero-order valence-electron chi connectivity index (χ0n) is 10.5. The zero-order chi connectivity index (χ0) is 13.8. The first-order valence-electron chi connectivity index (χ1n) is 5.91. The van der Waals surface area contributed by atoms with Crippen LogP contribution >= 0.6 is 0 Å². The summed E-state index contributed by atoms with van der Waals surface area (Å²) in [7, 11) is 0. The predicted octanol–water partition coefficient (Wildman–Crippen LogP) is -0.388. The summed E-state index contributed by atoms with van der Waals surface area (Å²) in [6, 6.07) is 1.68. The molecule has 2 N–H and O–H groups in total. The van der Waals surface area contributed by atoms with Crippen LogP contribution in [0.2, 0.25) is 0 Å². The second kappa shape index (κ2) is 5.47. The fourth-order valence-electron chi connectivity index (χ4n) is 1.86. The van der Waals surface area contributed by atoms with Crippen LogP contribution in [0, 0.1) is 0 Å². The van der Waals surface area contributed by atoms with Crippen molar-refractivity contribution in [2.24, 2.45) is 0 Å². The Hall–Kier alpha value is -2.44. The number of imide groups is 1. The summed E-state index contributed by atoms with van der Waals surface area (Å²) in [5.74, 6) is -1.33. The number of nitrogens with one attached hydrogen (secondary N) is 2. The van der Waals surface area contributed by atoms with Crippen LogP contribution in [0.25, 0.3) is 0 Å². The Kier molecular flexibility index (Phi) is 3.74. The molecular weight excluding hydrogens is 248 g/mol. The summed E-state index contributed by atoms with van der Waals surface area (Å²) >= 11 is 0. The lowest BCUT2D eigenvalue weighted by Gasteiger charge is -2.26. The molecule has 1 saturated heterocycles. The van der Waals surface area contributed by atoms with Gasteiger partial charge in [0, 0.05) is 18.9 Å². The SMILES string of the molecule is CCNc1ccncc1C(=O)N1CC(=O)NC(=O)C1. The molecule has 1 aliphatic heterocycles. The van der Waals surface area contributed by atoms with Gasteiger partial charge in [-0.15, -0.1) is 0 Å². The quantitative estimate of drug-likeness (QED) is 0.724. The number of carbonyl (C=O) groups excluding carboxylic acids is 3. The van der Waals surface area contributed by atoms with Gasteiger partial charge in [0.05, 0.1) is 11.3 Å². The van der Waals surface area contributed by atoms with Crippen LogP contribution in [0.15, 0.2) is 18.5 Å². The molecule has 7 heteroatoms. The molecule has 19 heavy (non-hydrogen) atoms. The molecule has 100 valence electrons. The molecule has 0 aromatic carbocycles. The molecule has 0 radical (unpaired) electrons. The van der Waals surface area contributed by atoms with E-state index in [1.54, 1.807) is 12.3 Å². The van der Waals surface area contributed by atoms with Gasteiger partial charge in [0.1, 0.15) is 13.1 Å². The van der Waals surface area contributed by atoms with Crippen molar-refractivity contribution in [3.8, 4) is 0 Å². The van der Waals surface area contributed by atoms with E-state index in [9.17, 15) is 14.4 Å². The van der Waals surface area contributed by atoms with Crippen molar-refractivity contribution >= 4 is 23.4 Å². The molecule has 1 fully saturated rings. The monoisotopic (exact) mass is 262 g/mol. The first-order valence-corrected chi connectivity index (χ1v) is 5.91. The van der Waals surface area contributed by atoms with E-state index < -0.39 is 11.8 Å². The van der Waals surface area contributed by atoms with Gasteiger partial charge in [0.2, 0.25) is 11.8 Å².